The van der Waals surface area contributed by atoms with Crippen molar-refractivity contribution in [3.05, 3.63) is 64.7 Å². The van der Waals surface area contributed by atoms with Crippen LogP contribution in [0.3, 0.4) is 0 Å². The first-order valence-electron chi connectivity index (χ1n) is 10.3. The van der Waals surface area contributed by atoms with Crippen molar-refractivity contribution in [3.8, 4) is 0 Å². The summed E-state index contributed by atoms with van der Waals surface area (Å²) in [6.07, 6.45) is 0. The second-order valence-electron chi connectivity index (χ2n) is 8.16. The van der Waals surface area contributed by atoms with Gasteiger partial charge >= 0.3 is 6.03 Å². The molecule has 0 saturated carbocycles. The van der Waals surface area contributed by atoms with E-state index in [4.69, 9.17) is 11.6 Å². The third-order valence-corrected chi connectivity index (χ3v) is 6.24. The number of carbonyl (C=O) groups is 3. The topological polar surface area (TPSA) is 73.0 Å². The summed E-state index contributed by atoms with van der Waals surface area (Å²) >= 11 is 6.07. The Morgan fingerprint density at radius 3 is 2.39 bits per heavy atom. The molecule has 31 heavy (non-hydrogen) atoms. The van der Waals surface area contributed by atoms with Crippen LogP contribution in [0, 0.1) is 6.92 Å². The van der Waals surface area contributed by atoms with E-state index in [1.165, 1.54) is 0 Å². The fourth-order valence-electron chi connectivity index (χ4n) is 4.05. The summed E-state index contributed by atoms with van der Waals surface area (Å²) in [6.45, 7) is 5.72. The van der Waals surface area contributed by atoms with Gasteiger partial charge in [0, 0.05) is 36.9 Å². The third-order valence-electron chi connectivity index (χ3n) is 6.00. The third kappa shape index (κ3) is 4.10. The Hall–Kier alpha value is -3.06. The van der Waals surface area contributed by atoms with Crippen LogP contribution in [0.4, 0.5) is 10.5 Å². The number of hydrogen-bond acceptors (Lipinski definition) is 4. The molecule has 0 radical (unpaired) electrons. The molecular formula is C23H25ClN4O3. The first-order valence-corrected chi connectivity index (χ1v) is 10.7. The first kappa shape index (κ1) is 21.2. The first-order chi connectivity index (χ1) is 14.8. The molecule has 2 aliphatic heterocycles. The molecule has 2 heterocycles. The summed E-state index contributed by atoms with van der Waals surface area (Å²) in [5.74, 6) is -0.644. The van der Waals surface area contributed by atoms with E-state index in [2.05, 4.69) is 10.2 Å². The fourth-order valence-corrected chi connectivity index (χ4v) is 4.23. The number of anilines is 1. The number of piperazine rings is 1. The molecule has 1 unspecified atom stereocenters. The quantitative estimate of drug-likeness (QED) is 0.742. The highest BCUT2D eigenvalue weighted by Gasteiger charge is 2.49. The maximum absolute atomic E-state index is 13.1. The van der Waals surface area contributed by atoms with Crippen LogP contribution in [-0.4, -0.2) is 60.4 Å². The van der Waals surface area contributed by atoms with Crippen LogP contribution in [0.2, 0.25) is 5.02 Å². The molecule has 2 aromatic carbocycles. The van der Waals surface area contributed by atoms with Gasteiger partial charge in [-0.15, -0.1) is 0 Å². The summed E-state index contributed by atoms with van der Waals surface area (Å²) in [5.41, 5.74) is 1.60. The second kappa shape index (κ2) is 8.23. The average molecular weight is 441 g/mol. The lowest BCUT2D eigenvalue weighted by Crippen LogP contribution is -2.52. The van der Waals surface area contributed by atoms with Gasteiger partial charge in [-0.2, -0.15) is 0 Å². The lowest BCUT2D eigenvalue weighted by Gasteiger charge is -2.36. The molecule has 2 fully saturated rings. The Morgan fingerprint density at radius 2 is 1.74 bits per heavy atom. The van der Waals surface area contributed by atoms with E-state index < -0.39 is 17.5 Å². The van der Waals surface area contributed by atoms with Crippen molar-refractivity contribution in [1.82, 2.24) is 15.1 Å². The largest absolute Gasteiger partial charge is 0.368 e. The van der Waals surface area contributed by atoms with Crippen LogP contribution in [0.25, 0.3) is 0 Å². The van der Waals surface area contributed by atoms with Gasteiger partial charge in [0.25, 0.3) is 5.91 Å². The molecule has 0 aliphatic carbocycles. The van der Waals surface area contributed by atoms with Crippen LogP contribution in [-0.2, 0) is 15.1 Å². The molecule has 0 bridgehead atoms. The number of nitrogens with one attached hydrogen (secondary N) is 1. The van der Waals surface area contributed by atoms with Gasteiger partial charge in [-0.1, -0.05) is 47.5 Å². The number of imide groups is 1. The zero-order valence-corrected chi connectivity index (χ0v) is 18.4. The maximum Gasteiger partial charge on any atom is 0.325 e. The van der Waals surface area contributed by atoms with Crippen molar-refractivity contribution >= 4 is 35.1 Å². The van der Waals surface area contributed by atoms with Crippen molar-refractivity contribution in [1.29, 1.82) is 0 Å². The van der Waals surface area contributed by atoms with Gasteiger partial charge in [-0.25, -0.2) is 4.79 Å². The van der Waals surface area contributed by atoms with Crippen LogP contribution >= 0.6 is 11.6 Å². The minimum absolute atomic E-state index is 0.234. The molecule has 162 valence electrons. The van der Waals surface area contributed by atoms with Gasteiger partial charge in [-0.3, -0.25) is 14.5 Å². The van der Waals surface area contributed by atoms with Crippen molar-refractivity contribution < 1.29 is 14.4 Å². The Morgan fingerprint density at radius 1 is 1.06 bits per heavy atom. The molecule has 7 nitrogen and oxygen atoms in total. The van der Waals surface area contributed by atoms with E-state index in [9.17, 15) is 14.4 Å². The Kier molecular flexibility index (Phi) is 5.62. The zero-order chi connectivity index (χ0) is 22.2. The molecule has 8 heteroatoms. The van der Waals surface area contributed by atoms with Gasteiger partial charge in [0.1, 0.15) is 12.1 Å². The Bertz CT molecular complexity index is 1020. The number of carbonyl (C=O) groups excluding carboxylic acids is 3. The second-order valence-corrected chi connectivity index (χ2v) is 8.60. The highest BCUT2D eigenvalue weighted by Crippen LogP contribution is 2.29. The summed E-state index contributed by atoms with van der Waals surface area (Å²) < 4.78 is 0. The van der Waals surface area contributed by atoms with E-state index in [0.717, 1.165) is 16.2 Å². The number of hydrogen-bond donors (Lipinski definition) is 1. The maximum atomic E-state index is 13.1. The summed E-state index contributed by atoms with van der Waals surface area (Å²) in [7, 11) is 0. The van der Waals surface area contributed by atoms with E-state index in [1.54, 1.807) is 11.8 Å². The van der Waals surface area contributed by atoms with E-state index in [-0.39, 0.29) is 12.5 Å². The zero-order valence-electron chi connectivity index (χ0n) is 17.6. The lowest BCUT2D eigenvalue weighted by atomic mass is 9.91. The van der Waals surface area contributed by atoms with Crippen LogP contribution in [0.15, 0.2) is 48.5 Å². The smallest absolute Gasteiger partial charge is 0.325 e. The number of rotatable bonds is 4. The van der Waals surface area contributed by atoms with Crippen molar-refractivity contribution in [2.24, 2.45) is 0 Å². The van der Waals surface area contributed by atoms with E-state index >= 15 is 0 Å². The standard InChI is InChI=1S/C23H25ClN4O3/c1-16-6-8-17(9-7-16)23(2)21(30)28(22(31)25-23)15-20(29)27-12-10-26(11-13-27)19-5-3-4-18(24)14-19/h3-9,14H,10-13,15H2,1-2H3,(H,25,31). The number of aryl methyl sites for hydroxylation is 1. The molecule has 1 N–H and O–H groups in total. The lowest BCUT2D eigenvalue weighted by molar-refractivity contribution is -0.139. The SMILES string of the molecule is Cc1ccc(C2(C)NC(=O)N(CC(=O)N3CCN(c4cccc(Cl)c4)CC3)C2=O)cc1. The number of benzene rings is 2. The molecule has 1 atom stereocenters. The van der Waals surface area contributed by atoms with Crippen LogP contribution in [0.1, 0.15) is 18.1 Å². The minimum Gasteiger partial charge on any atom is -0.368 e. The minimum atomic E-state index is -1.17. The molecule has 0 aromatic heterocycles. The molecule has 2 saturated heterocycles. The summed E-state index contributed by atoms with van der Waals surface area (Å²) in [5, 5.41) is 3.43. The van der Waals surface area contributed by atoms with E-state index in [1.807, 2.05) is 55.5 Å². The van der Waals surface area contributed by atoms with Gasteiger partial charge in [0.15, 0.2) is 0 Å². The van der Waals surface area contributed by atoms with Crippen molar-refractivity contribution in [2.75, 3.05) is 37.6 Å². The van der Waals surface area contributed by atoms with Crippen molar-refractivity contribution in [2.45, 2.75) is 19.4 Å². The number of halogens is 1. The van der Waals surface area contributed by atoms with Gasteiger partial charge in [0.05, 0.1) is 0 Å². The summed E-state index contributed by atoms with van der Waals surface area (Å²) in [4.78, 5) is 43.3. The van der Waals surface area contributed by atoms with Gasteiger partial charge in [0.2, 0.25) is 5.91 Å². The molecule has 4 rings (SSSR count). The molecule has 4 amide bonds. The number of amides is 4. The van der Waals surface area contributed by atoms with Crippen molar-refractivity contribution in [3.63, 3.8) is 0 Å². The van der Waals surface area contributed by atoms with Crippen LogP contribution in [0.5, 0.6) is 0 Å². The van der Waals surface area contributed by atoms with Gasteiger partial charge < -0.3 is 15.1 Å². The fraction of sp³-hybridized carbons (Fsp3) is 0.348. The Balaban J connectivity index is 1.39. The monoisotopic (exact) mass is 440 g/mol. The summed E-state index contributed by atoms with van der Waals surface area (Å²) in [6, 6.07) is 14.5. The Labute approximate surface area is 186 Å². The highest BCUT2D eigenvalue weighted by molar-refractivity contribution is 6.30. The van der Waals surface area contributed by atoms with E-state index in [0.29, 0.717) is 36.8 Å². The average Bonchev–Trinajstić information content (AvgIpc) is 2.98. The highest BCUT2D eigenvalue weighted by atomic mass is 35.5. The van der Waals surface area contributed by atoms with Crippen LogP contribution < -0.4 is 10.2 Å². The molecule has 2 aromatic rings. The van der Waals surface area contributed by atoms with Gasteiger partial charge in [-0.05, 0) is 37.6 Å². The number of urea groups is 1. The predicted octanol–water partition coefficient (Wildman–Crippen LogP) is 2.76. The number of nitrogens with zero attached hydrogens (tertiary/aromatic N) is 3. The predicted molar refractivity (Wildman–Crippen MR) is 119 cm³/mol. The normalized spacial score (nSPS) is 21.5. The molecular weight excluding hydrogens is 416 g/mol. The molecule has 0 spiro atoms. The molecule has 2 aliphatic rings.